The third-order valence-corrected chi connectivity index (χ3v) is 8.31. The summed E-state index contributed by atoms with van der Waals surface area (Å²) >= 11 is 11.2. The van der Waals surface area contributed by atoms with Gasteiger partial charge >= 0.3 is 0 Å². The highest BCUT2D eigenvalue weighted by molar-refractivity contribution is 9.10. The molecule has 26 heavy (non-hydrogen) atoms. The first-order valence-electron chi connectivity index (χ1n) is 9.26. The summed E-state index contributed by atoms with van der Waals surface area (Å²) in [6.45, 7) is 4.66. The van der Waals surface area contributed by atoms with E-state index in [9.17, 15) is 0 Å². The molecular weight excluding hydrogens is 430 g/mol. The lowest BCUT2D eigenvalue weighted by Gasteiger charge is -2.42. The number of hydrogen-bond donors (Lipinski definition) is 0. The summed E-state index contributed by atoms with van der Waals surface area (Å²) in [6, 6.07) is 5.93. The van der Waals surface area contributed by atoms with Crippen LogP contribution in [0.1, 0.15) is 39.0 Å². The molecule has 2 aliphatic rings. The molecule has 0 bridgehead atoms. The Morgan fingerprint density at radius 2 is 2.00 bits per heavy atom. The number of rotatable bonds is 3. The van der Waals surface area contributed by atoms with Gasteiger partial charge in [0.2, 0.25) is 0 Å². The van der Waals surface area contributed by atoms with Crippen LogP contribution in [0, 0.1) is 11.3 Å². The van der Waals surface area contributed by atoms with E-state index in [0.717, 1.165) is 39.2 Å². The molecule has 138 valence electrons. The first-order valence-corrected chi connectivity index (χ1v) is 11.2. The Bertz CT molecular complexity index is 775. The van der Waals surface area contributed by atoms with Gasteiger partial charge in [0, 0.05) is 22.5 Å². The minimum Gasteiger partial charge on any atom is -0.355 e. The van der Waals surface area contributed by atoms with Crippen LogP contribution in [-0.2, 0) is 0 Å². The quantitative estimate of drug-likeness (QED) is 0.535. The van der Waals surface area contributed by atoms with E-state index in [1.807, 2.05) is 30.6 Å². The van der Waals surface area contributed by atoms with E-state index in [1.165, 1.54) is 32.1 Å². The van der Waals surface area contributed by atoms with Crippen LogP contribution >= 0.6 is 39.3 Å². The molecule has 3 nitrogen and oxygen atoms in total. The molecule has 1 aliphatic carbocycles. The first kappa shape index (κ1) is 18.6. The molecule has 0 N–H and O–H groups in total. The second-order valence-corrected chi connectivity index (χ2v) is 9.89. The molecule has 1 saturated carbocycles. The average Bonchev–Trinajstić information content (AvgIpc) is 3.00. The Kier molecular flexibility index (Phi) is 5.49. The molecular formula is C20H23BrClN3S. The second-order valence-electron chi connectivity index (χ2n) is 7.53. The first-order chi connectivity index (χ1) is 12.6. The van der Waals surface area contributed by atoms with Gasteiger partial charge in [0.25, 0.3) is 0 Å². The molecule has 0 unspecified atom stereocenters. The van der Waals surface area contributed by atoms with Crippen molar-refractivity contribution in [3.8, 4) is 0 Å². The van der Waals surface area contributed by atoms with Gasteiger partial charge in [0.1, 0.15) is 10.8 Å². The van der Waals surface area contributed by atoms with Crippen LogP contribution in [0.4, 0.5) is 5.82 Å². The number of anilines is 1. The van der Waals surface area contributed by atoms with Crippen molar-refractivity contribution in [1.82, 2.24) is 9.97 Å². The van der Waals surface area contributed by atoms with Gasteiger partial charge in [0.15, 0.2) is 0 Å². The zero-order chi connectivity index (χ0) is 18.1. The lowest BCUT2D eigenvalue weighted by Crippen LogP contribution is -2.41. The molecule has 1 atom stereocenters. The third kappa shape index (κ3) is 3.76. The van der Waals surface area contributed by atoms with Crippen LogP contribution in [0.3, 0.4) is 0 Å². The maximum atomic E-state index is 6.17. The van der Waals surface area contributed by atoms with Gasteiger partial charge in [-0.15, -0.1) is 0 Å². The predicted octanol–water partition coefficient (Wildman–Crippen LogP) is 6.45. The summed E-state index contributed by atoms with van der Waals surface area (Å²) < 4.78 is 0.907. The summed E-state index contributed by atoms with van der Waals surface area (Å²) in [4.78, 5) is 12.7. The summed E-state index contributed by atoms with van der Waals surface area (Å²) in [5, 5.41) is 1.60. The topological polar surface area (TPSA) is 29.0 Å². The van der Waals surface area contributed by atoms with E-state index in [2.05, 4.69) is 37.7 Å². The molecule has 1 saturated heterocycles. The lowest BCUT2D eigenvalue weighted by molar-refractivity contribution is 0.161. The summed E-state index contributed by atoms with van der Waals surface area (Å²) in [5.74, 6) is 1.89. The smallest absolute Gasteiger partial charge is 0.147 e. The fourth-order valence-corrected chi connectivity index (χ4v) is 5.68. The number of nitrogens with zero attached hydrogens (tertiary/aromatic N) is 3. The molecule has 0 amide bonds. The number of hydrogen-bond acceptors (Lipinski definition) is 4. The van der Waals surface area contributed by atoms with E-state index < -0.39 is 0 Å². The van der Waals surface area contributed by atoms with Crippen LogP contribution in [-0.4, -0.2) is 23.1 Å². The maximum Gasteiger partial charge on any atom is 0.147 e. The van der Waals surface area contributed by atoms with Gasteiger partial charge in [-0.2, -0.15) is 0 Å². The van der Waals surface area contributed by atoms with Crippen molar-refractivity contribution >= 4 is 45.1 Å². The highest BCUT2D eigenvalue weighted by atomic mass is 79.9. The minimum atomic E-state index is 0.598. The maximum absolute atomic E-state index is 6.17. The number of piperidine rings is 1. The zero-order valence-corrected chi connectivity index (χ0v) is 18.1. The Hall–Kier alpha value is -0.780. The van der Waals surface area contributed by atoms with Gasteiger partial charge in [-0.1, -0.05) is 43.1 Å². The highest BCUT2D eigenvalue weighted by Gasteiger charge is 2.42. The monoisotopic (exact) mass is 451 g/mol. The van der Waals surface area contributed by atoms with Crippen LogP contribution in [0.15, 0.2) is 45.0 Å². The van der Waals surface area contributed by atoms with Crippen molar-refractivity contribution in [1.29, 1.82) is 0 Å². The molecule has 0 radical (unpaired) electrons. The van der Waals surface area contributed by atoms with Gasteiger partial charge in [0.05, 0.1) is 17.4 Å². The predicted molar refractivity (Wildman–Crippen MR) is 112 cm³/mol. The lowest BCUT2D eigenvalue weighted by atomic mass is 9.71. The fraction of sp³-hybridized carbons (Fsp3) is 0.500. The fourth-order valence-electron chi connectivity index (χ4n) is 4.42. The van der Waals surface area contributed by atoms with Crippen molar-refractivity contribution in [2.45, 2.75) is 48.9 Å². The van der Waals surface area contributed by atoms with Crippen molar-refractivity contribution in [3.63, 3.8) is 0 Å². The molecule has 1 aliphatic heterocycles. The molecule has 1 spiro atoms. The minimum absolute atomic E-state index is 0.598. The molecule has 1 aromatic carbocycles. The molecule has 6 heteroatoms. The number of aromatic nitrogens is 2. The molecule has 1 aromatic heterocycles. The van der Waals surface area contributed by atoms with Crippen LogP contribution in [0.2, 0.25) is 5.02 Å². The highest BCUT2D eigenvalue weighted by Crippen LogP contribution is 2.50. The molecule has 2 aromatic rings. The molecule has 4 rings (SSSR count). The Morgan fingerprint density at radius 1 is 1.19 bits per heavy atom. The Balaban J connectivity index is 1.39. The standard InChI is InChI=1S/C20H23BrClN3S/c1-14-3-2-6-20(14)7-9-25(10-8-20)18-12-24-19(13-23-18)26-15-4-5-16(21)17(22)11-15/h4-5,11-14H,2-3,6-10H2,1H3/t14-/m1/s1. The van der Waals surface area contributed by atoms with Crippen molar-refractivity contribution in [2.75, 3.05) is 18.0 Å². The summed E-state index contributed by atoms with van der Waals surface area (Å²) in [7, 11) is 0. The second kappa shape index (κ2) is 7.69. The van der Waals surface area contributed by atoms with E-state index in [1.54, 1.807) is 11.8 Å². The number of benzene rings is 1. The van der Waals surface area contributed by atoms with Gasteiger partial charge in [-0.05, 0) is 64.7 Å². The van der Waals surface area contributed by atoms with Crippen molar-refractivity contribution in [3.05, 3.63) is 40.1 Å². The Labute approximate surface area is 173 Å². The largest absolute Gasteiger partial charge is 0.355 e. The summed E-state index contributed by atoms with van der Waals surface area (Å²) in [5.41, 5.74) is 0.598. The average molecular weight is 453 g/mol. The van der Waals surface area contributed by atoms with Crippen LogP contribution < -0.4 is 4.90 Å². The number of halogens is 2. The van der Waals surface area contributed by atoms with Gasteiger partial charge < -0.3 is 4.90 Å². The zero-order valence-electron chi connectivity index (χ0n) is 14.9. The molecule has 2 heterocycles. The van der Waals surface area contributed by atoms with Crippen molar-refractivity contribution in [2.24, 2.45) is 11.3 Å². The summed E-state index contributed by atoms with van der Waals surface area (Å²) in [6.07, 6.45) is 10.6. The van der Waals surface area contributed by atoms with Gasteiger partial charge in [-0.25, -0.2) is 9.97 Å². The van der Waals surface area contributed by atoms with E-state index in [-0.39, 0.29) is 0 Å². The van der Waals surface area contributed by atoms with Crippen LogP contribution in [0.5, 0.6) is 0 Å². The van der Waals surface area contributed by atoms with Crippen LogP contribution in [0.25, 0.3) is 0 Å². The third-order valence-electron chi connectivity index (χ3n) is 6.17. The Morgan fingerprint density at radius 3 is 2.62 bits per heavy atom. The van der Waals surface area contributed by atoms with E-state index >= 15 is 0 Å². The van der Waals surface area contributed by atoms with Gasteiger partial charge in [-0.3, -0.25) is 0 Å². The SMILES string of the molecule is C[C@@H]1CCCC12CCN(c1cnc(Sc3ccc(Br)c(Cl)c3)cn1)CC2. The van der Waals surface area contributed by atoms with E-state index in [4.69, 9.17) is 11.6 Å². The van der Waals surface area contributed by atoms with E-state index in [0.29, 0.717) is 10.4 Å². The normalized spacial score (nSPS) is 22.1. The van der Waals surface area contributed by atoms with Crippen molar-refractivity contribution < 1.29 is 0 Å². The molecule has 2 fully saturated rings.